The summed E-state index contributed by atoms with van der Waals surface area (Å²) in [6.45, 7) is 9.00. The average molecular weight is 501 g/mol. The highest BCUT2D eigenvalue weighted by Crippen LogP contribution is 2.50. The molecule has 176 valence electrons. The quantitative estimate of drug-likeness (QED) is 0.263. The highest BCUT2D eigenvalue weighted by molar-refractivity contribution is 7.31. The molecule has 6 rings (SSSR count). The van der Waals surface area contributed by atoms with Crippen molar-refractivity contribution in [2.24, 2.45) is 0 Å². The second-order valence-electron chi connectivity index (χ2n) is 9.81. The van der Waals surface area contributed by atoms with E-state index in [1.54, 1.807) is 0 Å². The van der Waals surface area contributed by atoms with Crippen LogP contribution in [0.4, 0.5) is 0 Å². The van der Waals surface area contributed by atoms with Crippen LogP contribution in [0.5, 0.6) is 0 Å². The van der Waals surface area contributed by atoms with Crippen molar-refractivity contribution in [2.45, 2.75) is 27.7 Å². The fourth-order valence-electron chi connectivity index (χ4n) is 5.22. The molecule has 2 heterocycles. The van der Waals surface area contributed by atoms with Crippen LogP contribution in [0, 0.1) is 39.5 Å². The van der Waals surface area contributed by atoms with Crippen LogP contribution >= 0.6 is 16.4 Å². The van der Waals surface area contributed by atoms with E-state index in [4.69, 9.17) is 0 Å². The third-order valence-corrected chi connectivity index (χ3v) is 10.5. The predicted octanol–water partition coefficient (Wildman–Crippen LogP) is 9.75. The van der Waals surface area contributed by atoms with Crippen LogP contribution in [0.15, 0.2) is 83.4 Å². The molecule has 0 fully saturated rings. The van der Waals surface area contributed by atoms with Crippen LogP contribution < -0.4 is 0 Å². The van der Waals surface area contributed by atoms with Gasteiger partial charge < -0.3 is 0 Å². The average Bonchev–Trinajstić information content (AvgIpc) is 3.39. The fraction of sp³-hybridized carbons (Fsp3) is 0.118. The summed E-state index contributed by atoms with van der Waals surface area (Å²) in [5.74, 6) is 7.44. The molecule has 0 nitrogen and oxygen atoms in total. The number of aryl methyl sites for hydroxylation is 2. The Morgan fingerprint density at radius 2 is 0.944 bits per heavy atom. The lowest BCUT2D eigenvalue weighted by molar-refractivity contribution is 1.07. The van der Waals surface area contributed by atoms with Crippen molar-refractivity contribution in [1.29, 1.82) is 0 Å². The fourth-order valence-corrected chi connectivity index (χ4v) is 7.70. The number of hydrogen-bond donors (Lipinski definition) is 0. The summed E-state index contributed by atoms with van der Waals surface area (Å²) >= 11 is 0. The molecule has 36 heavy (non-hydrogen) atoms. The summed E-state index contributed by atoms with van der Waals surface area (Å²) in [5.41, 5.74) is 13.5. The Kier molecular flexibility index (Phi) is 6.13. The topological polar surface area (TPSA) is 0 Å². The Hall–Kier alpha value is -3.04. The summed E-state index contributed by atoms with van der Waals surface area (Å²) in [4.78, 5) is 0. The van der Waals surface area contributed by atoms with E-state index < -0.39 is 0 Å². The van der Waals surface area contributed by atoms with E-state index in [2.05, 4.69) is 124 Å². The van der Waals surface area contributed by atoms with Gasteiger partial charge in [0, 0.05) is 0 Å². The molecule has 2 heteroatoms. The maximum absolute atomic E-state index is 2.45. The Bertz CT molecular complexity index is 1460. The molecule has 2 aliphatic rings. The van der Waals surface area contributed by atoms with Crippen molar-refractivity contribution < 1.29 is 0 Å². The summed E-state index contributed by atoms with van der Waals surface area (Å²) in [6.07, 6.45) is 14.1. The first kappa shape index (κ1) is 23.4. The number of benzene rings is 2. The van der Waals surface area contributed by atoms with E-state index in [0.29, 0.717) is 0 Å². The van der Waals surface area contributed by atoms with E-state index >= 15 is 0 Å². The summed E-state index contributed by atoms with van der Waals surface area (Å²) in [6, 6.07) is 17.7. The third-order valence-electron chi connectivity index (χ3n) is 7.65. The van der Waals surface area contributed by atoms with Crippen LogP contribution in [0.25, 0.3) is 24.3 Å². The van der Waals surface area contributed by atoms with E-state index in [9.17, 15) is 0 Å². The first-order valence-corrected chi connectivity index (χ1v) is 14.7. The van der Waals surface area contributed by atoms with Gasteiger partial charge in [-0.05, 0) is 118 Å². The van der Waals surface area contributed by atoms with Crippen molar-refractivity contribution >= 4 is 40.7 Å². The maximum atomic E-state index is 2.45. The molecule has 4 aromatic rings. The summed E-state index contributed by atoms with van der Waals surface area (Å²) in [5, 5.41) is 2.90. The minimum Gasteiger partial charge on any atom is -0.132 e. The molecule has 2 atom stereocenters. The van der Waals surface area contributed by atoms with E-state index in [1.165, 1.54) is 78.1 Å². The second kappa shape index (κ2) is 9.44. The normalized spacial score (nSPS) is 18.1. The molecule has 0 spiro atoms. The van der Waals surface area contributed by atoms with E-state index in [-0.39, 0.29) is 0 Å². The number of allylic oxidation sites excluding steroid dienone is 4. The van der Waals surface area contributed by atoms with Crippen LogP contribution in [-0.2, 0) is 0 Å². The minimum absolute atomic E-state index is 0.735. The zero-order chi connectivity index (χ0) is 24.8. The van der Waals surface area contributed by atoms with Gasteiger partial charge in [-0.3, -0.25) is 0 Å². The predicted molar refractivity (Wildman–Crippen MR) is 162 cm³/mol. The van der Waals surface area contributed by atoms with Gasteiger partial charge in [-0.15, -0.1) is 16.4 Å². The molecule has 0 amide bonds. The molecule has 2 aromatic carbocycles. The Morgan fingerprint density at radius 1 is 0.528 bits per heavy atom. The number of hydrogen-bond acceptors (Lipinski definition) is 0. The number of fused-ring (bicyclic) bond motifs is 2. The molecule has 2 aliphatic carbocycles. The maximum Gasteiger partial charge on any atom is 0.0508 e. The van der Waals surface area contributed by atoms with Crippen LogP contribution in [-0.4, -0.2) is 0 Å². The van der Waals surface area contributed by atoms with E-state index in [0.717, 1.165) is 16.4 Å². The Morgan fingerprint density at radius 3 is 1.33 bits per heavy atom. The standard InChI is InChI=1S/C34H30P2/c1-21-19-35-31(23(21)3)17-27-15-13-25-9-5-7-11-29(25)33(27)34-28(18-32-24(4)22(2)20-36-32)16-14-26-10-6-8-12-30(26)34/h5-20,35-36H,1-4H3. The second-order valence-corrected chi connectivity index (χ2v) is 12.0. The molecule has 2 aromatic heterocycles. The zero-order valence-corrected chi connectivity index (χ0v) is 23.2. The smallest absolute Gasteiger partial charge is 0.0508 e. The zero-order valence-electron chi connectivity index (χ0n) is 21.2. The first-order valence-electron chi connectivity index (χ1n) is 12.5. The lowest BCUT2D eigenvalue weighted by Crippen LogP contribution is -2.21. The van der Waals surface area contributed by atoms with Gasteiger partial charge in [-0.25, -0.2) is 0 Å². The van der Waals surface area contributed by atoms with Gasteiger partial charge in [-0.2, -0.15) is 0 Å². The molecular weight excluding hydrogens is 470 g/mol. The van der Waals surface area contributed by atoms with Gasteiger partial charge in [0.25, 0.3) is 0 Å². The van der Waals surface area contributed by atoms with Gasteiger partial charge in [0.2, 0.25) is 0 Å². The van der Waals surface area contributed by atoms with Gasteiger partial charge in [0.1, 0.15) is 0 Å². The molecule has 2 radical (unpaired) electrons. The van der Waals surface area contributed by atoms with Crippen molar-refractivity contribution in [1.82, 2.24) is 0 Å². The largest absolute Gasteiger partial charge is 0.132 e. The van der Waals surface area contributed by atoms with Crippen molar-refractivity contribution in [3.8, 4) is 0 Å². The van der Waals surface area contributed by atoms with Crippen molar-refractivity contribution in [2.75, 3.05) is 0 Å². The number of rotatable bonds is 3. The van der Waals surface area contributed by atoms with Gasteiger partial charge in [0.05, 0.1) is 11.8 Å². The van der Waals surface area contributed by atoms with Crippen LogP contribution in [0.2, 0.25) is 0 Å². The van der Waals surface area contributed by atoms with Crippen LogP contribution in [0.1, 0.15) is 55.1 Å². The summed E-state index contributed by atoms with van der Waals surface area (Å²) in [7, 11) is 1.47. The monoisotopic (exact) mass is 500 g/mol. The molecule has 0 N–H and O–H groups in total. The lowest BCUT2D eigenvalue weighted by atomic mass is 9.67. The lowest BCUT2D eigenvalue weighted by Gasteiger charge is -2.35. The minimum atomic E-state index is 0.735. The molecule has 0 aliphatic heterocycles. The van der Waals surface area contributed by atoms with Crippen LogP contribution in [0.3, 0.4) is 0 Å². The molecule has 0 saturated carbocycles. The summed E-state index contributed by atoms with van der Waals surface area (Å²) < 4.78 is 0. The SMILES string of the molecule is Cc1c[pH]c(C=C2C=Cc3ccccc3[C]2[C]2C(=Cc3[pH]cc(C)c3C)C=Cc3ccccc32)c1C. The first-order chi connectivity index (χ1) is 17.5. The Balaban J connectivity index is 1.59. The van der Waals surface area contributed by atoms with Gasteiger partial charge in [-0.1, -0.05) is 72.8 Å². The highest BCUT2D eigenvalue weighted by Gasteiger charge is 2.36. The van der Waals surface area contributed by atoms with Gasteiger partial charge >= 0.3 is 0 Å². The molecule has 0 bridgehead atoms. The molecule has 0 saturated heterocycles. The van der Waals surface area contributed by atoms with Crippen molar-refractivity contribution in [3.63, 3.8) is 0 Å². The third kappa shape index (κ3) is 4.04. The highest BCUT2D eigenvalue weighted by atomic mass is 31.0. The van der Waals surface area contributed by atoms with Gasteiger partial charge in [0.15, 0.2) is 0 Å². The molecule has 2 unspecified atom stereocenters. The molecular formula is C34H30P2. The Labute approximate surface area is 218 Å². The van der Waals surface area contributed by atoms with E-state index in [1.807, 2.05) is 0 Å². The van der Waals surface area contributed by atoms with Crippen molar-refractivity contribution in [3.05, 3.63) is 150 Å².